The fourth-order valence-corrected chi connectivity index (χ4v) is 6.79. The van der Waals surface area contributed by atoms with Crippen LogP contribution in [0.4, 0.5) is 4.79 Å². The maximum absolute atomic E-state index is 12.7. The van der Waals surface area contributed by atoms with Crippen LogP contribution in [0.25, 0.3) is 0 Å². The fraction of sp³-hybridized carbons (Fsp3) is 0.854. The number of nitrogens with zero attached hydrogens (tertiary/aromatic N) is 1. The Morgan fingerprint density at radius 3 is 1.20 bits per heavy atom. The summed E-state index contributed by atoms with van der Waals surface area (Å²) in [5, 5.41) is 2.81. The molecule has 0 rings (SSSR count). The molecule has 0 saturated carbocycles. The number of hydrogen-bond donors (Lipinski definition) is 1. The second-order valence-electron chi connectivity index (χ2n) is 15.8. The number of carbonyl (C=O) groups is 3. The summed E-state index contributed by atoms with van der Waals surface area (Å²) in [4.78, 5) is 40.0. The predicted octanol–water partition coefficient (Wildman–Crippen LogP) is 13.4. The van der Waals surface area contributed by atoms with Gasteiger partial charge in [-0.1, -0.05) is 155 Å². The van der Waals surface area contributed by atoms with Gasteiger partial charge in [-0.15, -0.1) is 0 Å². The van der Waals surface area contributed by atoms with E-state index in [1.807, 2.05) is 0 Å². The van der Waals surface area contributed by atoms with E-state index in [2.05, 4.69) is 62.2 Å². The maximum atomic E-state index is 12.7. The normalized spacial score (nSPS) is 11.7. The van der Waals surface area contributed by atoms with Crippen LogP contribution in [0.1, 0.15) is 220 Å². The summed E-state index contributed by atoms with van der Waals surface area (Å²) in [6, 6.07) is 0. The van der Waals surface area contributed by atoms with E-state index in [9.17, 15) is 14.4 Å². The largest absolute Gasteiger partial charge is 0.462 e. The second-order valence-corrected chi connectivity index (χ2v) is 15.8. The van der Waals surface area contributed by atoms with Crippen molar-refractivity contribution in [3.8, 4) is 0 Å². The highest BCUT2D eigenvalue weighted by Gasteiger charge is 2.20. The summed E-state index contributed by atoms with van der Waals surface area (Å²) < 4.78 is 16.6. The number of hydrogen-bond acceptors (Lipinski definition) is 7. The lowest BCUT2D eigenvalue weighted by Crippen LogP contribution is -2.39. The van der Waals surface area contributed by atoms with Crippen molar-refractivity contribution in [3.63, 3.8) is 0 Å². The van der Waals surface area contributed by atoms with Crippen molar-refractivity contribution in [2.45, 2.75) is 226 Å². The highest BCUT2D eigenvalue weighted by molar-refractivity contribution is 5.70. The molecule has 1 N–H and O–H groups in total. The summed E-state index contributed by atoms with van der Waals surface area (Å²) in [6.07, 6.45) is 41.8. The van der Waals surface area contributed by atoms with E-state index in [1.54, 1.807) is 0 Å². The average molecular weight is 791 g/mol. The van der Waals surface area contributed by atoms with Gasteiger partial charge in [0.15, 0.2) is 6.10 Å². The Morgan fingerprint density at radius 1 is 0.464 bits per heavy atom. The lowest BCUT2D eigenvalue weighted by molar-refractivity contribution is -0.152. The van der Waals surface area contributed by atoms with Crippen LogP contribution in [0.3, 0.4) is 0 Å². The molecule has 0 aromatic heterocycles. The first kappa shape index (κ1) is 53.6. The molecule has 0 heterocycles. The first-order valence-electron chi connectivity index (χ1n) is 23.7. The molecule has 0 aromatic carbocycles. The minimum absolute atomic E-state index is 0.129. The zero-order valence-electron chi connectivity index (χ0n) is 37.2. The molecule has 0 bridgehead atoms. The van der Waals surface area contributed by atoms with Crippen LogP contribution in [0.2, 0.25) is 0 Å². The molecule has 0 atom stereocenters. The summed E-state index contributed by atoms with van der Waals surface area (Å²) >= 11 is 0. The van der Waals surface area contributed by atoms with Crippen LogP contribution in [-0.2, 0) is 23.8 Å². The van der Waals surface area contributed by atoms with Crippen molar-refractivity contribution in [1.82, 2.24) is 10.2 Å². The van der Waals surface area contributed by atoms with Crippen LogP contribution >= 0.6 is 0 Å². The molecule has 0 radical (unpaired) electrons. The smallest absolute Gasteiger partial charge is 0.407 e. The van der Waals surface area contributed by atoms with Gasteiger partial charge in [0.1, 0.15) is 13.2 Å². The molecule has 0 aliphatic carbocycles. The van der Waals surface area contributed by atoms with Gasteiger partial charge < -0.3 is 24.4 Å². The molecule has 1 amide bonds. The van der Waals surface area contributed by atoms with Gasteiger partial charge in [0.2, 0.25) is 0 Å². The van der Waals surface area contributed by atoms with Gasteiger partial charge in [-0.25, -0.2) is 4.79 Å². The molecule has 0 unspecified atom stereocenters. The van der Waals surface area contributed by atoms with Gasteiger partial charge in [-0.3, -0.25) is 9.59 Å². The van der Waals surface area contributed by atoms with E-state index in [0.717, 1.165) is 83.8 Å². The molecule has 0 aliphatic rings. The number of rotatable bonds is 42. The van der Waals surface area contributed by atoms with Gasteiger partial charge in [-0.2, -0.15) is 0 Å². The van der Waals surface area contributed by atoms with Crippen molar-refractivity contribution in [2.24, 2.45) is 0 Å². The standard InChI is InChI=1S/C48H90N2O6/c1-5-9-11-13-15-17-19-21-23-25-27-29-31-33-35-37-46(51)54-43-45(56-48(53)49-39-42-50(40-7-3)41-8-4)44-55-47(52)38-36-34-32-30-28-26-24-22-20-18-16-14-12-10-6-2/h21-24,45H,5-20,25-44H2,1-4H3,(H,49,53)/b23-21-,24-22-. The van der Waals surface area contributed by atoms with E-state index in [0.29, 0.717) is 19.4 Å². The first-order valence-corrected chi connectivity index (χ1v) is 23.7. The van der Waals surface area contributed by atoms with Crippen molar-refractivity contribution in [2.75, 3.05) is 39.4 Å². The Hall–Kier alpha value is -2.35. The number of alkyl carbamates (subject to hydrolysis) is 1. The van der Waals surface area contributed by atoms with Crippen molar-refractivity contribution < 1.29 is 28.6 Å². The van der Waals surface area contributed by atoms with Crippen LogP contribution in [0.5, 0.6) is 0 Å². The lowest BCUT2D eigenvalue weighted by Gasteiger charge is -2.22. The maximum Gasteiger partial charge on any atom is 0.407 e. The number of allylic oxidation sites excluding steroid dienone is 4. The molecule has 8 nitrogen and oxygen atoms in total. The monoisotopic (exact) mass is 791 g/mol. The average Bonchev–Trinajstić information content (AvgIpc) is 3.19. The van der Waals surface area contributed by atoms with Gasteiger partial charge in [0, 0.05) is 25.9 Å². The molecule has 56 heavy (non-hydrogen) atoms. The molecule has 8 heteroatoms. The first-order chi connectivity index (χ1) is 27.5. The van der Waals surface area contributed by atoms with Crippen molar-refractivity contribution in [1.29, 1.82) is 0 Å². The van der Waals surface area contributed by atoms with E-state index in [4.69, 9.17) is 14.2 Å². The molecule has 0 aliphatic heterocycles. The van der Waals surface area contributed by atoms with Crippen LogP contribution in [-0.4, -0.2) is 68.4 Å². The quantitative estimate of drug-likeness (QED) is 0.0285. The van der Waals surface area contributed by atoms with E-state index in [-0.39, 0.29) is 25.2 Å². The van der Waals surface area contributed by atoms with Crippen LogP contribution in [0, 0.1) is 0 Å². The Kier molecular flexibility index (Phi) is 41.9. The van der Waals surface area contributed by atoms with E-state index < -0.39 is 12.2 Å². The van der Waals surface area contributed by atoms with Gasteiger partial charge in [0.25, 0.3) is 0 Å². The highest BCUT2D eigenvalue weighted by atomic mass is 16.6. The Balaban J connectivity index is 4.38. The number of amides is 1. The molecule has 0 fully saturated rings. The number of esters is 2. The number of nitrogens with one attached hydrogen (secondary N) is 1. The summed E-state index contributed by atoms with van der Waals surface area (Å²) in [5.41, 5.74) is 0. The molecule has 328 valence electrons. The van der Waals surface area contributed by atoms with Crippen LogP contribution < -0.4 is 5.32 Å². The fourth-order valence-electron chi connectivity index (χ4n) is 6.79. The number of unbranched alkanes of at least 4 members (excludes halogenated alkanes) is 22. The summed E-state index contributed by atoms with van der Waals surface area (Å²) in [6.45, 7) is 11.7. The Morgan fingerprint density at radius 2 is 0.821 bits per heavy atom. The minimum Gasteiger partial charge on any atom is -0.462 e. The van der Waals surface area contributed by atoms with E-state index in [1.165, 1.54) is 116 Å². The lowest BCUT2D eigenvalue weighted by atomic mass is 10.1. The van der Waals surface area contributed by atoms with Gasteiger partial charge in [0.05, 0.1) is 0 Å². The molecular formula is C48H90N2O6. The van der Waals surface area contributed by atoms with Crippen LogP contribution in [0.15, 0.2) is 24.3 Å². The Bertz CT molecular complexity index is 877. The number of carbonyl (C=O) groups excluding carboxylic acids is 3. The third-order valence-corrected chi connectivity index (χ3v) is 10.2. The topological polar surface area (TPSA) is 94.2 Å². The predicted molar refractivity (Wildman–Crippen MR) is 236 cm³/mol. The third-order valence-electron chi connectivity index (χ3n) is 10.2. The molecule has 0 aromatic rings. The molecular weight excluding hydrogens is 701 g/mol. The van der Waals surface area contributed by atoms with E-state index >= 15 is 0 Å². The Labute approximate surface area is 346 Å². The second kappa shape index (κ2) is 43.8. The van der Waals surface area contributed by atoms with Crippen molar-refractivity contribution >= 4 is 18.0 Å². The van der Waals surface area contributed by atoms with Crippen molar-refractivity contribution in [3.05, 3.63) is 24.3 Å². The highest BCUT2D eigenvalue weighted by Crippen LogP contribution is 2.13. The van der Waals surface area contributed by atoms with Gasteiger partial charge in [-0.05, 0) is 90.1 Å². The zero-order valence-corrected chi connectivity index (χ0v) is 37.2. The van der Waals surface area contributed by atoms with Gasteiger partial charge >= 0.3 is 18.0 Å². The summed E-state index contributed by atoms with van der Waals surface area (Å²) in [5.74, 6) is -0.628. The third kappa shape index (κ3) is 39.9. The zero-order chi connectivity index (χ0) is 41.0. The SMILES string of the molecule is CCCCCCCC/C=C\CCCCCCCC(=O)OCC(COC(=O)CCCCCCC/C=C\CCCCCCCC)OC(=O)NCCN(CCC)CCC. The summed E-state index contributed by atoms with van der Waals surface area (Å²) in [7, 11) is 0. The number of ether oxygens (including phenoxy) is 3. The molecule has 0 spiro atoms. The molecule has 0 saturated heterocycles. The minimum atomic E-state index is -0.853.